The van der Waals surface area contributed by atoms with Crippen molar-refractivity contribution >= 4 is 17.3 Å². The van der Waals surface area contributed by atoms with E-state index >= 15 is 0 Å². The second-order valence-corrected chi connectivity index (χ2v) is 6.61. The van der Waals surface area contributed by atoms with Crippen molar-refractivity contribution in [2.75, 3.05) is 31.0 Å². The van der Waals surface area contributed by atoms with Gasteiger partial charge in [0, 0.05) is 29.5 Å². The van der Waals surface area contributed by atoms with Crippen molar-refractivity contribution < 1.29 is 14.3 Å². The van der Waals surface area contributed by atoms with E-state index in [1.165, 1.54) is 24.9 Å². The topological polar surface area (TPSA) is 50.8 Å². The molecule has 26 heavy (non-hydrogen) atoms. The van der Waals surface area contributed by atoms with Gasteiger partial charge in [-0.2, -0.15) is 0 Å². The molecule has 1 aliphatic heterocycles. The first-order valence-corrected chi connectivity index (χ1v) is 9.02. The zero-order valence-electron chi connectivity index (χ0n) is 15.6. The van der Waals surface area contributed by atoms with Crippen LogP contribution in [0.2, 0.25) is 0 Å². The van der Waals surface area contributed by atoms with Crippen LogP contribution >= 0.6 is 0 Å². The van der Waals surface area contributed by atoms with Crippen LogP contribution in [-0.4, -0.2) is 32.7 Å². The van der Waals surface area contributed by atoms with Crippen LogP contribution in [0.5, 0.6) is 11.5 Å². The predicted molar refractivity (Wildman–Crippen MR) is 105 cm³/mol. The van der Waals surface area contributed by atoms with Crippen molar-refractivity contribution in [2.45, 2.75) is 32.2 Å². The highest BCUT2D eigenvalue weighted by atomic mass is 16.5. The predicted octanol–water partition coefficient (Wildman–Crippen LogP) is 4.33. The van der Waals surface area contributed by atoms with Crippen molar-refractivity contribution in [2.24, 2.45) is 0 Å². The number of anilines is 2. The minimum Gasteiger partial charge on any atom is -0.493 e. The van der Waals surface area contributed by atoms with E-state index in [1.807, 2.05) is 12.1 Å². The molecule has 0 radical (unpaired) electrons. The number of amides is 1. The van der Waals surface area contributed by atoms with Gasteiger partial charge in [0.2, 0.25) is 0 Å². The van der Waals surface area contributed by atoms with Crippen LogP contribution < -0.4 is 19.7 Å². The van der Waals surface area contributed by atoms with Crippen LogP contribution in [0.25, 0.3) is 0 Å². The Kier molecular flexibility index (Phi) is 5.66. The zero-order valence-corrected chi connectivity index (χ0v) is 15.6. The number of hydrogen-bond acceptors (Lipinski definition) is 4. The molecule has 5 heteroatoms. The van der Waals surface area contributed by atoms with E-state index in [1.54, 1.807) is 32.4 Å². The zero-order chi connectivity index (χ0) is 18.5. The summed E-state index contributed by atoms with van der Waals surface area (Å²) in [5, 5.41) is 2.93. The lowest BCUT2D eigenvalue weighted by Crippen LogP contribution is -2.37. The molecular formula is C21H26N2O3. The van der Waals surface area contributed by atoms with Crippen molar-refractivity contribution in [3.05, 3.63) is 48.0 Å². The van der Waals surface area contributed by atoms with Gasteiger partial charge in [0.1, 0.15) is 0 Å². The summed E-state index contributed by atoms with van der Waals surface area (Å²) in [4.78, 5) is 14.9. The fourth-order valence-corrected chi connectivity index (χ4v) is 3.40. The van der Waals surface area contributed by atoms with E-state index < -0.39 is 0 Å². The first-order chi connectivity index (χ1) is 12.6. The SMILES string of the molecule is COc1ccc(C(=O)Nc2ccc(N3CCCC[C@H]3C)cc2)cc1OC. The Morgan fingerprint density at radius 1 is 1.04 bits per heavy atom. The minimum atomic E-state index is -0.176. The number of methoxy groups -OCH3 is 2. The Balaban J connectivity index is 1.70. The summed E-state index contributed by atoms with van der Waals surface area (Å²) in [6.45, 7) is 3.37. The Labute approximate surface area is 154 Å². The lowest BCUT2D eigenvalue weighted by Gasteiger charge is -2.35. The van der Waals surface area contributed by atoms with Crippen LogP contribution in [-0.2, 0) is 0 Å². The molecule has 1 fully saturated rings. The standard InChI is InChI=1S/C21H26N2O3/c1-15-6-4-5-13-23(15)18-10-8-17(9-11-18)22-21(24)16-7-12-19(25-2)20(14-16)26-3/h7-12,14-15H,4-6,13H2,1-3H3,(H,22,24)/t15-/m1/s1. The first-order valence-electron chi connectivity index (χ1n) is 9.02. The highest BCUT2D eigenvalue weighted by Crippen LogP contribution is 2.29. The van der Waals surface area contributed by atoms with Crippen LogP contribution in [0.15, 0.2) is 42.5 Å². The van der Waals surface area contributed by atoms with Crippen LogP contribution in [0.3, 0.4) is 0 Å². The van der Waals surface area contributed by atoms with Crippen molar-refractivity contribution in [3.63, 3.8) is 0 Å². The van der Waals surface area contributed by atoms with Gasteiger partial charge in [-0.3, -0.25) is 4.79 Å². The second-order valence-electron chi connectivity index (χ2n) is 6.61. The molecule has 1 heterocycles. The molecule has 5 nitrogen and oxygen atoms in total. The number of ether oxygens (including phenoxy) is 2. The van der Waals surface area contributed by atoms with Gasteiger partial charge < -0.3 is 19.7 Å². The Bertz CT molecular complexity index is 758. The van der Waals surface area contributed by atoms with E-state index in [4.69, 9.17) is 9.47 Å². The molecule has 1 aliphatic rings. The first kappa shape index (κ1) is 18.1. The molecule has 0 bridgehead atoms. The third kappa shape index (κ3) is 3.93. The van der Waals surface area contributed by atoms with Crippen LogP contribution in [0, 0.1) is 0 Å². The molecule has 2 aromatic carbocycles. The van der Waals surface area contributed by atoms with Gasteiger partial charge in [0.05, 0.1) is 14.2 Å². The number of benzene rings is 2. The number of hydrogen-bond donors (Lipinski definition) is 1. The Morgan fingerprint density at radius 2 is 1.77 bits per heavy atom. The molecule has 0 spiro atoms. The van der Waals surface area contributed by atoms with Gasteiger partial charge in [0.15, 0.2) is 11.5 Å². The molecule has 2 aromatic rings. The number of carbonyl (C=O) groups excluding carboxylic acids is 1. The molecule has 0 unspecified atom stereocenters. The highest BCUT2D eigenvalue weighted by Gasteiger charge is 2.18. The van der Waals surface area contributed by atoms with Crippen molar-refractivity contribution in [3.8, 4) is 11.5 Å². The van der Waals surface area contributed by atoms with Gasteiger partial charge >= 0.3 is 0 Å². The van der Waals surface area contributed by atoms with E-state index in [-0.39, 0.29) is 5.91 Å². The molecule has 3 rings (SSSR count). The molecule has 0 aromatic heterocycles. The fourth-order valence-electron chi connectivity index (χ4n) is 3.40. The smallest absolute Gasteiger partial charge is 0.255 e. The fraction of sp³-hybridized carbons (Fsp3) is 0.381. The van der Waals surface area contributed by atoms with Gasteiger partial charge in [0.25, 0.3) is 5.91 Å². The summed E-state index contributed by atoms with van der Waals surface area (Å²) in [6, 6.07) is 13.8. The maximum absolute atomic E-state index is 12.5. The minimum absolute atomic E-state index is 0.176. The molecule has 138 valence electrons. The lowest BCUT2D eigenvalue weighted by molar-refractivity contribution is 0.102. The number of piperidine rings is 1. The summed E-state index contributed by atoms with van der Waals surface area (Å²) < 4.78 is 10.5. The van der Waals surface area contributed by atoms with Crippen molar-refractivity contribution in [1.29, 1.82) is 0 Å². The Morgan fingerprint density at radius 3 is 2.42 bits per heavy atom. The van der Waals surface area contributed by atoms with E-state index in [0.29, 0.717) is 23.1 Å². The van der Waals surface area contributed by atoms with E-state index in [9.17, 15) is 4.79 Å². The molecule has 0 aliphatic carbocycles. The number of nitrogens with one attached hydrogen (secondary N) is 1. The largest absolute Gasteiger partial charge is 0.493 e. The third-order valence-corrected chi connectivity index (χ3v) is 4.91. The Hall–Kier alpha value is -2.69. The molecular weight excluding hydrogens is 328 g/mol. The van der Waals surface area contributed by atoms with Crippen molar-refractivity contribution in [1.82, 2.24) is 0 Å². The average Bonchev–Trinajstić information content (AvgIpc) is 2.68. The molecule has 1 saturated heterocycles. The monoisotopic (exact) mass is 354 g/mol. The second kappa shape index (κ2) is 8.13. The summed E-state index contributed by atoms with van der Waals surface area (Å²) in [6.07, 6.45) is 3.77. The van der Waals surface area contributed by atoms with Crippen LogP contribution in [0.4, 0.5) is 11.4 Å². The number of nitrogens with zero attached hydrogens (tertiary/aromatic N) is 1. The average molecular weight is 354 g/mol. The maximum Gasteiger partial charge on any atom is 0.255 e. The number of carbonyl (C=O) groups is 1. The van der Waals surface area contributed by atoms with Crippen LogP contribution in [0.1, 0.15) is 36.5 Å². The normalized spacial score (nSPS) is 16.9. The molecule has 0 saturated carbocycles. The number of rotatable bonds is 5. The summed E-state index contributed by atoms with van der Waals surface area (Å²) in [7, 11) is 3.13. The molecule has 1 amide bonds. The van der Waals surface area contributed by atoms with Gasteiger partial charge in [-0.15, -0.1) is 0 Å². The van der Waals surface area contributed by atoms with Gasteiger partial charge in [-0.25, -0.2) is 0 Å². The molecule has 1 N–H and O–H groups in total. The summed E-state index contributed by atoms with van der Waals surface area (Å²) >= 11 is 0. The maximum atomic E-state index is 12.5. The van der Waals surface area contributed by atoms with E-state index in [0.717, 1.165) is 12.2 Å². The molecule has 1 atom stereocenters. The van der Waals surface area contributed by atoms with E-state index in [2.05, 4.69) is 29.3 Å². The third-order valence-electron chi connectivity index (χ3n) is 4.91. The summed E-state index contributed by atoms with van der Waals surface area (Å²) in [5.74, 6) is 0.962. The highest BCUT2D eigenvalue weighted by molar-refractivity contribution is 6.04. The van der Waals surface area contributed by atoms with Gasteiger partial charge in [-0.1, -0.05) is 0 Å². The summed E-state index contributed by atoms with van der Waals surface area (Å²) in [5.41, 5.74) is 2.51. The lowest BCUT2D eigenvalue weighted by atomic mass is 10.0. The quantitative estimate of drug-likeness (QED) is 0.868. The van der Waals surface area contributed by atoms with Gasteiger partial charge in [-0.05, 0) is 68.7 Å².